The Kier molecular flexibility index (Phi) is 63.6. The Bertz CT molecular complexity index is 1230. The molecule has 0 spiro atoms. The summed E-state index contributed by atoms with van der Waals surface area (Å²) in [4.78, 5) is 38.1. The fourth-order valence-electron chi connectivity index (χ4n) is 10.5. The first-order valence-corrected chi connectivity index (χ1v) is 34.3. The van der Waals surface area contributed by atoms with Gasteiger partial charge in [-0.2, -0.15) is 0 Å². The van der Waals surface area contributed by atoms with Crippen molar-refractivity contribution in [2.24, 2.45) is 0 Å². The van der Waals surface area contributed by atoms with Crippen LogP contribution >= 0.6 is 0 Å². The van der Waals surface area contributed by atoms with E-state index in [1.807, 2.05) is 0 Å². The van der Waals surface area contributed by atoms with Crippen LogP contribution in [0.5, 0.6) is 0 Å². The van der Waals surface area contributed by atoms with Gasteiger partial charge in [0.15, 0.2) is 6.10 Å². The third-order valence-corrected chi connectivity index (χ3v) is 15.7. The van der Waals surface area contributed by atoms with Crippen LogP contribution in [0.4, 0.5) is 0 Å². The quantitative estimate of drug-likeness (QED) is 0.0261. The molecular weight excluding hydrogens is 937 g/mol. The van der Waals surface area contributed by atoms with Crippen molar-refractivity contribution < 1.29 is 28.6 Å². The van der Waals surface area contributed by atoms with Crippen LogP contribution in [0.3, 0.4) is 0 Å². The van der Waals surface area contributed by atoms with Gasteiger partial charge >= 0.3 is 17.9 Å². The highest BCUT2D eigenvalue weighted by atomic mass is 16.6. The molecule has 0 fully saturated rings. The lowest BCUT2D eigenvalue weighted by atomic mass is 10.0. The maximum absolute atomic E-state index is 12.9. The van der Waals surface area contributed by atoms with Crippen LogP contribution in [0, 0.1) is 0 Å². The van der Waals surface area contributed by atoms with Crippen LogP contribution in [0.1, 0.15) is 387 Å². The van der Waals surface area contributed by atoms with E-state index in [1.54, 1.807) is 0 Å². The highest BCUT2D eigenvalue weighted by Gasteiger charge is 2.19. The summed E-state index contributed by atoms with van der Waals surface area (Å²) < 4.78 is 16.9. The van der Waals surface area contributed by atoms with Crippen molar-refractivity contribution in [2.45, 2.75) is 393 Å². The van der Waals surface area contributed by atoms with Gasteiger partial charge in [0.2, 0.25) is 0 Å². The zero-order chi connectivity index (χ0) is 55.0. The van der Waals surface area contributed by atoms with Crippen LogP contribution in [-0.4, -0.2) is 37.2 Å². The van der Waals surface area contributed by atoms with E-state index in [9.17, 15) is 14.4 Å². The molecule has 76 heavy (non-hydrogen) atoms. The summed E-state index contributed by atoms with van der Waals surface area (Å²) in [6.45, 7) is 6.67. The van der Waals surface area contributed by atoms with Crippen molar-refractivity contribution in [3.05, 3.63) is 24.3 Å². The highest BCUT2D eigenvalue weighted by Crippen LogP contribution is 2.19. The Labute approximate surface area is 474 Å². The number of unbranched alkanes of at least 4 members (excludes halogenated alkanes) is 49. The van der Waals surface area contributed by atoms with E-state index >= 15 is 0 Å². The molecule has 0 N–H and O–H groups in total. The Morgan fingerprint density at radius 2 is 0.474 bits per heavy atom. The molecule has 0 aromatic rings. The first-order chi connectivity index (χ1) is 37.5. The average Bonchev–Trinajstić information content (AvgIpc) is 3.42. The topological polar surface area (TPSA) is 78.9 Å². The lowest BCUT2D eigenvalue weighted by Crippen LogP contribution is -2.30. The zero-order valence-electron chi connectivity index (χ0n) is 51.6. The van der Waals surface area contributed by atoms with Crippen molar-refractivity contribution in [2.75, 3.05) is 13.2 Å². The summed E-state index contributed by atoms with van der Waals surface area (Å²) in [6, 6.07) is 0. The molecule has 0 radical (unpaired) electrons. The van der Waals surface area contributed by atoms with E-state index in [2.05, 4.69) is 45.1 Å². The summed E-state index contributed by atoms with van der Waals surface area (Å²) in [5, 5.41) is 0. The van der Waals surface area contributed by atoms with Crippen LogP contribution < -0.4 is 0 Å². The smallest absolute Gasteiger partial charge is 0.306 e. The van der Waals surface area contributed by atoms with Crippen molar-refractivity contribution in [1.82, 2.24) is 0 Å². The summed E-state index contributed by atoms with van der Waals surface area (Å²) in [5.41, 5.74) is 0. The third-order valence-electron chi connectivity index (χ3n) is 15.7. The van der Waals surface area contributed by atoms with Crippen molar-refractivity contribution in [1.29, 1.82) is 0 Å². The molecule has 1 unspecified atom stereocenters. The Balaban J connectivity index is 3.97. The van der Waals surface area contributed by atoms with Crippen molar-refractivity contribution in [3.63, 3.8) is 0 Å². The predicted molar refractivity (Wildman–Crippen MR) is 330 cm³/mol. The van der Waals surface area contributed by atoms with E-state index in [1.165, 1.54) is 283 Å². The summed E-state index contributed by atoms with van der Waals surface area (Å²) >= 11 is 0. The minimum Gasteiger partial charge on any atom is -0.462 e. The second kappa shape index (κ2) is 65.4. The van der Waals surface area contributed by atoms with Gasteiger partial charge in [0.05, 0.1) is 0 Å². The molecule has 0 aliphatic heterocycles. The molecule has 0 aromatic carbocycles. The summed E-state index contributed by atoms with van der Waals surface area (Å²) in [6.07, 6.45) is 79.5. The molecule has 6 nitrogen and oxygen atoms in total. The van der Waals surface area contributed by atoms with E-state index < -0.39 is 6.10 Å². The van der Waals surface area contributed by atoms with Crippen LogP contribution in [0.25, 0.3) is 0 Å². The van der Waals surface area contributed by atoms with Gasteiger partial charge in [-0.05, 0) is 51.4 Å². The molecule has 0 aliphatic carbocycles. The molecule has 0 amide bonds. The molecule has 0 rings (SSSR count). The standard InChI is InChI=1S/C70H132O6/c1-4-7-10-13-16-19-21-23-25-27-28-29-30-31-32-33-34-35-36-37-38-39-40-41-42-44-45-47-49-51-54-57-60-63-69(72)75-66-67(65-74-68(71)62-59-56-53-18-15-12-9-6-3)76-70(73)64-61-58-55-52-50-48-46-43-26-24-22-20-17-14-11-8-5-2/h21,23,27-28,67H,4-20,22,24-26,29-66H2,1-3H3/b23-21-,28-27-. The number of ether oxygens (including phenoxy) is 3. The molecule has 0 heterocycles. The summed E-state index contributed by atoms with van der Waals surface area (Å²) in [7, 11) is 0. The van der Waals surface area contributed by atoms with E-state index in [-0.39, 0.29) is 31.1 Å². The number of esters is 3. The number of hydrogen-bond acceptors (Lipinski definition) is 6. The first-order valence-electron chi connectivity index (χ1n) is 34.3. The van der Waals surface area contributed by atoms with E-state index in [4.69, 9.17) is 14.2 Å². The first kappa shape index (κ1) is 73.9. The van der Waals surface area contributed by atoms with Crippen LogP contribution in [-0.2, 0) is 28.6 Å². The van der Waals surface area contributed by atoms with Gasteiger partial charge in [-0.25, -0.2) is 0 Å². The van der Waals surface area contributed by atoms with Gasteiger partial charge in [-0.3, -0.25) is 14.4 Å². The molecule has 0 aliphatic rings. The van der Waals surface area contributed by atoms with Crippen molar-refractivity contribution >= 4 is 17.9 Å². The molecule has 6 heteroatoms. The molecule has 0 saturated carbocycles. The van der Waals surface area contributed by atoms with Gasteiger partial charge in [0, 0.05) is 19.3 Å². The van der Waals surface area contributed by atoms with Crippen LogP contribution in [0.2, 0.25) is 0 Å². The largest absolute Gasteiger partial charge is 0.462 e. The minimum absolute atomic E-state index is 0.0636. The predicted octanol–water partition coefficient (Wildman–Crippen LogP) is 23.4. The van der Waals surface area contributed by atoms with Crippen LogP contribution in [0.15, 0.2) is 24.3 Å². The maximum Gasteiger partial charge on any atom is 0.306 e. The fourth-order valence-corrected chi connectivity index (χ4v) is 10.5. The molecule has 0 bridgehead atoms. The lowest BCUT2D eigenvalue weighted by molar-refractivity contribution is -0.167. The third kappa shape index (κ3) is 62.7. The zero-order valence-corrected chi connectivity index (χ0v) is 51.6. The van der Waals surface area contributed by atoms with Gasteiger partial charge in [-0.1, -0.05) is 340 Å². The minimum atomic E-state index is -0.763. The Morgan fingerprint density at radius 1 is 0.263 bits per heavy atom. The summed E-state index contributed by atoms with van der Waals surface area (Å²) in [5.74, 6) is -0.839. The van der Waals surface area contributed by atoms with E-state index in [0.29, 0.717) is 19.3 Å². The maximum atomic E-state index is 12.9. The number of hydrogen-bond donors (Lipinski definition) is 0. The Hall–Kier alpha value is -2.11. The highest BCUT2D eigenvalue weighted by molar-refractivity contribution is 5.71. The van der Waals surface area contributed by atoms with Gasteiger partial charge in [0.25, 0.3) is 0 Å². The Morgan fingerprint density at radius 3 is 0.724 bits per heavy atom. The van der Waals surface area contributed by atoms with Gasteiger partial charge < -0.3 is 14.2 Å². The normalized spacial score (nSPS) is 12.1. The van der Waals surface area contributed by atoms with Gasteiger partial charge in [0.1, 0.15) is 13.2 Å². The van der Waals surface area contributed by atoms with Crippen molar-refractivity contribution in [3.8, 4) is 0 Å². The number of carbonyl (C=O) groups is 3. The SMILES string of the molecule is CCCCCCC/C=C\C/C=C\CCCCCCCCCCCCCCCCCCCCCCCC(=O)OCC(COC(=O)CCCCCCCCCC)OC(=O)CCCCCCCCCCCCCCCCCCC. The monoisotopic (exact) mass is 1070 g/mol. The van der Waals surface area contributed by atoms with E-state index in [0.717, 1.165) is 64.2 Å². The molecule has 0 aromatic heterocycles. The lowest BCUT2D eigenvalue weighted by Gasteiger charge is -2.18. The van der Waals surface area contributed by atoms with Gasteiger partial charge in [-0.15, -0.1) is 0 Å². The molecule has 1 atom stereocenters. The number of carbonyl (C=O) groups excluding carboxylic acids is 3. The molecule has 0 saturated heterocycles. The molecular formula is C70H132O6. The number of allylic oxidation sites excluding steroid dienone is 4. The number of rotatable bonds is 64. The second-order valence-electron chi connectivity index (χ2n) is 23.5. The second-order valence-corrected chi connectivity index (χ2v) is 23.5. The average molecular weight is 1070 g/mol. The fraction of sp³-hybridized carbons (Fsp3) is 0.900. The molecule has 448 valence electrons.